The van der Waals surface area contributed by atoms with Crippen LogP contribution in [0.2, 0.25) is 0 Å². The molecule has 22 nitrogen and oxygen atoms in total. The number of phenols is 10. The first-order valence-electron chi connectivity index (χ1n) is 15.7. The molecule has 0 radical (unpaired) electrons. The number of cyclic esters (lactones) is 1. The fourth-order valence-corrected chi connectivity index (χ4v) is 7.00. The Hall–Kier alpha value is -7.40. The van der Waals surface area contributed by atoms with Gasteiger partial charge in [-0.3, -0.25) is 0 Å². The number of ether oxygens (including phenoxy) is 3. The second-order valence-electron chi connectivity index (χ2n) is 12.6. The summed E-state index contributed by atoms with van der Waals surface area (Å²) in [6.07, 6.45) is -10.9. The third kappa shape index (κ3) is 4.57. The summed E-state index contributed by atoms with van der Waals surface area (Å²) in [4.78, 5) is 55.4. The monoisotopic (exact) mass is 782 g/mol. The minimum Gasteiger partial charge on any atom is -0.504 e. The third-order valence-electron chi connectivity index (χ3n) is 9.58. The van der Waals surface area contributed by atoms with Crippen LogP contribution in [0.3, 0.4) is 0 Å². The number of esters is 2. The van der Waals surface area contributed by atoms with Crippen LogP contribution in [0.1, 0.15) is 20.7 Å². The van der Waals surface area contributed by atoms with Crippen LogP contribution < -0.4 is 11.3 Å². The molecule has 6 bridgehead atoms. The molecule has 5 atom stereocenters. The number of benzene rings is 4. The van der Waals surface area contributed by atoms with E-state index in [1.165, 1.54) is 0 Å². The molecule has 0 unspecified atom stereocenters. The van der Waals surface area contributed by atoms with E-state index in [0.717, 1.165) is 0 Å². The van der Waals surface area contributed by atoms with Gasteiger partial charge < -0.3 is 89.4 Å². The standard InChI is InChI=1S/C34H22O22/c35-6-1-4-9(19(39)17(6)37)11-15-13-14-16(33(50)56-28(13)23(43)21(11)41)12(22(42)24(44)29(14)55-32(15)49)10-5(2-7(36)18(38)20(10)40)31(48)54-27-8(3-52-30(4)47)53-34(51)26(46)25(27)45/h1-2,8,25-27,34-46,51H,3H2/t8-,25-,26+,27-,34-/m0/s1. The van der Waals surface area contributed by atoms with Gasteiger partial charge in [0, 0.05) is 33.0 Å². The molecule has 56 heavy (non-hydrogen) atoms. The first kappa shape index (κ1) is 35.6. The Kier molecular flexibility index (Phi) is 7.50. The van der Waals surface area contributed by atoms with Gasteiger partial charge in [-0.15, -0.1) is 0 Å². The van der Waals surface area contributed by atoms with E-state index in [-0.39, 0.29) is 0 Å². The van der Waals surface area contributed by atoms with E-state index >= 15 is 0 Å². The zero-order valence-electron chi connectivity index (χ0n) is 27.2. The Labute approximate surface area is 304 Å². The highest BCUT2D eigenvalue weighted by atomic mass is 16.7. The van der Waals surface area contributed by atoms with Crippen LogP contribution in [-0.2, 0) is 14.2 Å². The summed E-state index contributed by atoms with van der Waals surface area (Å²) < 4.78 is 26.3. The summed E-state index contributed by atoms with van der Waals surface area (Å²) in [6, 6.07) is 0.887. The molecule has 4 heterocycles. The van der Waals surface area contributed by atoms with Crippen LogP contribution >= 0.6 is 0 Å². The van der Waals surface area contributed by atoms with Gasteiger partial charge in [-0.25, -0.2) is 19.2 Å². The molecule has 290 valence electrons. The van der Waals surface area contributed by atoms with E-state index in [2.05, 4.69) is 0 Å². The van der Waals surface area contributed by atoms with Gasteiger partial charge in [0.15, 0.2) is 58.1 Å². The van der Waals surface area contributed by atoms with Gasteiger partial charge >= 0.3 is 23.2 Å². The summed E-state index contributed by atoms with van der Waals surface area (Å²) in [5.74, 6) is -17.2. The Morgan fingerprint density at radius 3 is 1.39 bits per heavy atom. The Morgan fingerprint density at radius 1 is 0.500 bits per heavy atom. The fraction of sp³-hybridized carbons (Fsp3) is 0.176. The van der Waals surface area contributed by atoms with Gasteiger partial charge in [0.2, 0.25) is 23.0 Å². The molecule has 2 aromatic heterocycles. The van der Waals surface area contributed by atoms with Gasteiger partial charge in [-0.2, -0.15) is 0 Å². The van der Waals surface area contributed by atoms with E-state index in [1.54, 1.807) is 0 Å². The van der Waals surface area contributed by atoms with Crippen molar-refractivity contribution in [2.45, 2.75) is 30.7 Å². The molecule has 13 N–H and O–H groups in total. The molecule has 4 aromatic carbocycles. The van der Waals surface area contributed by atoms with Crippen LogP contribution in [0, 0.1) is 0 Å². The van der Waals surface area contributed by atoms with Crippen molar-refractivity contribution in [2.24, 2.45) is 0 Å². The number of aliphatic hydroxyl groups is 3. The zero-order chi connectivity index (χ0) is 40.6. The van der Waals surface area contributed by atoms with Crippen LogP contribution in [0.4, 0.5) is 0 Å². The lowest BCUT2D eigenvalue weighted by Crippen LogP contribution is -2.60. The van der Waals surface area contributed by atoms with Crippen molar-refractivity contribution in [2.75, 3.05) is 6.61 Å². The van der Waals surface area contributed by atoms with Gasteiger partial charge in [-0.1, -0.05) is 0 Å². The van der Waals surface area contributed by atoms with E-state index in [0.29, 0.717) is 12.1 Å². The lowest BCUT2D eigenvalue weighted by atomic mass is 9.88. The van der Waals surface area contributed by atoms with E-state index in [1.807, 2.05) is 0 Å². The predicted molar refractivity (Wildman–Crippen MR) is 177 cm³/mol. The lowest BCUT2D eigenvalue weighted by Gasteiger charge is -2.40. The van der Waals surface area contributed by atoms with Crippen LogP contribution in [-0.4, -0.2) is 116 Å². The predicted octanol–water partition coefficient (Wildman–Crippen LogP) is 0.0152. The van der Waals surface area contributed by atoms with E-state index in [9.17, 15) is 85.6 Å². The van der Waals surface area contributed by atoms with Gasteiger partial charge in [0.05, 0.1) is 21.9 Å². The molecule has 8 rings (SSSR count). The summed E-state index contributed by atoms with van der Waals surface area (Å²) in [5, 5.41) is 137. The summed E-state index contributed by atoms with van der Waals surface area (Å²) in [6.45, 7) is -1.15. The Bertz CT molecular complexity index is 2870. The summed E-state index contributed by atoms with van der Waals surface area (Å²) in [5.41, 5.74) is -11.8. The lowest BCUT2D eigenvalue weighted by molar-refractivity contribution is -0.285. The number of hydrogen-bond acceptors (Lipinski definition) is 22. The Balaban J connectivity index is 1.62. The van der Waals surface area contributed by atoms with Gasteiger partial charge in [0.25, 0.3) is 0 Å². The van der Waals surface area contributed by atoms with Crippen LogP contribution in [0.5, 0.6) is 57.5 Å². The highest BCUT2D eigenvalue weighted by Gasteiger charge is 2.48. The molecule has 1 fully saturated rings. The van der Waals surface area contributed by atoms with Crippen molar-refractivity contribution in [1.82, 2.24) is 0 Å². The molecule has 2 aliphatic rings. The normalized spacial score (nSPS) is 21.3. The molecular weight excluding hydrogens is 760 g/mol. The minimum atomic E-state index is -2.28. The van der Waals surface area contributed by atoms with Crippen LogP contribution in [0.15, 0.2) is 30.6 Å². The number of carbonyl (C=O) groups is 2. The summed E-state index contributed by atoms with van der Waals surface area (Å²) in [7, 11) is 0. The molecule has 0 amide bonds. The maximum absolute atomic E-state index is 14.0. The van der Waals surface area contributed by atoms with Gasteiger partial charge in [0.1, 0.15) is 24.9 Å². The van der Waals surface area contributed by atoms with Crippen molar-refractivity contribution in [1.29, 1.82) is 0 Å². The quantitative estimate of drug-likeness (QED) is 0.0418. The zero-order valence-corrected chi connectivity index (χ0v) is 27.2. The number of carbonyl (C=O) groups excluding carboxylic acids is 2. The first-order valence-corrected chi connectivity index (χ1v) is 15.7. The molecule has 22 heteroatoms. The average Bonchev–Trinajstić information content (AvgIpc) is 3.15. The third-order valence-corrected chi connectivity index (χ3v) is 9.58. The molecule has 6 aromatic rings. The number of aliphatic hydroxyl groups excluding tert-OH is 3. The van der Waals surface area contributed by atoms with E-state index < -0.39 is 184 Å². The number of aromatic hydroxyl groups is 10. The number of fused-ring (bicyclic) bond motifs is 5. The van der Waals surface area contributed by atoms with Crippen LogP contribution in [0.25, 0.3) is 55.0 Å². The highest BCUT2D eigenvalue weighted by molar-refractivity contribution is 6.29. The van der Waals surface area contributed by atoms with Crippen molar-refractivity contribution < 1.29 is 99.0 Å². The number of hydrogen-bond donors (Lipinski definition) is 13. The minimum absolute atomic E-state index is 0.424. The molecule has 2 aliphatic heterocycles. The highest BCUT2D eigenvalue weighted by Crippen LogP contribution is 2.58. The molecule has 0 saturated carbocycles. The molecular formula is C34H22O22. The molecule has 0 aliphatic carbocycles. The van der Waals surface area contributed by atoms with E-state index in [4.69, 9.17) is 23.0 Å². The smallest absolute Gasteiger partial charge is 0.345 e. The topological polar surface area (TPSA) is 385 Å². The first-order chi connectivity index (χ1) is 26.4. The Morgan fingerprint density at radius 2 is 0.929 bits per heavy atom. The maximum Gasteiger partial charge on any atom is 0.345 e. The fourth-order valence-electron chi connectivity index (χ4n) is 7.00. The largest absolute Gasteiger partial charge is 0.504 e. The number of phenolic OH excluding ortho intramolecular Hbond substituents is 10. The second kappa shape index (κ2) is 11.8. The van der Waals surface area contributed by atoms with Crippen molar-refractivity contribution in [3.05, 3.63) is 44.1 Å². The average molecular weight is 783 g/mol. The van der Waals surface area contributed by atoms with Crippen molar-refractivity contribution >= 4 is 44.6 Å². The van der Waals surface area contributed by atoms with Crippen molar-refractivity contribution in [3.8, 4) is 79.7 Å². The van der Waals surface area contributed by atoms with Gasteiger partial charge in [-0.05, 0) is 12.1 Å². The number of rotatable bonds is 0. The van der Waals surface area contributed by atoms with Crippen molar-refractivity contribution in [3.63, 3.8) is 0 Å². The molecule has 0 spiro atoms. The maximum atomic E-state index is 14.0. The molecule has 1 saturated heterocycles. The second-order valence-corrected chi connectivity index (χ2v) is 12.6. The summed E-state index contributed by atoms with van der Waals surface area (Å²) >= 11 is 0. The SMILES string of the molecule is O=C1OC[C@@H]2O[C@H](O)[C@H](O)[C@H](O)[C@H]2OC(=O)c2cc(O)c(O)c(O)c2-c2c(O)c(O)c3oc(=O)c4c(c(O)c(O)c5oc(=O)c2c3c54)-c2c1cc(O)c(O)c2O.